The molecular weight excluding hydrogens is 238 g/mol. The normalized spacial score (nSPS) is 12.1. The van der Waals surface area contributed by atoms with Crippen molar-refractivity contribution in [2.75, 3.05) is 6.54 Å². The molecule has 1 nitrogen and oxygen atoms in total. The van der Waals surface area contributed by atoms with Crippen molar-refractivity contribution < 1.29 is 0 Å². The number of hydrogen-bond donors (Lipinski definition) is 1. The van der Waals surface area contributed by atoms with Gasteiger partial charge in [-0.1, -0.05) is 34.8 Å². The maximum Gasteiger partial charge on any atom is 0.0943 e. The molecule has 1 aromatic rings. The highest BCUT2D eigenvalue weighted by Gasteiger charge is 2.07. The van der Waals surface area contributed by atoms with E-state index in [-0.39, 0.29) is 6.04 Å². The van der Waals surface area contributed by atoms with Crippen LogP contribution in [0.4, 0.5) is 0 Å². The van der Waals surface area contributed by atoms with E-state index in [1.165, 1.54) is 5.56 Å². The predicted octanol–water partition coefficient (Wildman–Crippen LogP) is 3.04. The molecule has 74 valence electrons. The summed E-state index contributed by atoms with van der Waals surface area (Å²) in [7, 11) is 0. The van der Waals surface area contributed by atoms with Gasteiger partial charge in [0.25, 0.3) is 0 Å². The highest BCUT2D eigenvalue weighted by atomic mass is 79.9. The fourth-order valence-electron chi connectivity index (χ4n) is 1.41. The summed E-state index contributed by atoms with van der Waals surface area (Å²) in [4.78, 5) is 0. The Morgan fingerprint density at radius 3 is 2.71 bits per heavy atom. The van der Waals surface area contributed by atoms with Crippen LogP contribution < -0.4 is 5.32 Å². The number of nitrogens with one attached hydrogen (secondary N) is 1. The minimum Gasteiger partial charge on any atom is -0.300 e. The number of hydrogen-bond acceptors (Lipinski definition) is 1. The standard InChI is InChI=1S/C12H14BrN/c1-4-12(14-5-2)10-6-9(3)7-11(13)8-10/h1,6-8,12,14H,5H2,2-3H3. The lowest BCUT2D eigenvalue weighted by Gasteiger charge is -2.12. The number of rotatable bonds is 3. The minimum atomic E-state index is 0.0104. The lowest BCUT2D eigenvalue weighted by molar-refractivity contribution is 0.664. The van der Waals surface area contributed by atoms with Crippen LogP contribution >= 0.6 is 15.9 Å². The van der Waals surface area contributed by atoms with Crippen LogP contribution in [-0.2, 0) is 0 Å². The quantitative estimate of drug-likeness (QED) is 0.815. The molecule has 0 spiro atoms. The SMILES string of the molecule is C#CC(NCC)c1cc(C)cc(Br)c1. The Kier molecular flexibility index (Phi) is 4.19. The Morgan fingerprint density at radius 1 is 1.50 bits per heavy atom. The molecule has 0 heterocycles. The molecule has 0 bridgehead atoms. The smallest absolute Gasteiger partial charge is 0.0943 e. The summed E-state index contributed by atoms with van der Waals surface area (Å²) in [6.07, 6.45) is 5.46. The van der Waals surface area contributed by atoms with Gasteiger partial charge in [-0.2, -0.15) is 0 Å². The molecule has 0 saturated heterocycles. The second kappa shape index (κ2) is 5.19. The molecule has 0 saturated carbocycles. The summed E-state index contributed by atoms with van der Waals surface area (Å²) < 4.78 is 1.07. The molecule has 0 aliphatic rings. The molecule has 0 aliphatic heterocycles. The summed E-state index contributed by atoms with van der Waals surface area (Å²) in [6.45, 7) is 4.99. The van der Waals surface area contributed by atoms with E-state index in [1.807, 2.05) is 0 Å². The molecule has 1 atom stereocenters. The van der Waals surface area contributed by atoms with Crippen LogP contribution in [0.1, 0.15) is 24.1 Å². The van der Waals surface area contributed by atoms with Gasteiger partial charge >= 0.3 is 0 Å². The average Bonchev–Trinajstić information content (AvgIpc) is 2.12. The van der Waals surface area contributed by atoms with Gasteiger partial charge in [-0.3, -0.25) is 0 Å². The number of terminal acetylenes is 1. The van der Waals surface area contributed by atoms with Gasteiger partial charge in [0.15, 0.2) is 0 Å². The zero-order valence-electron chi connectivity index (χ0n) is 8.47. The van der Waals surface area contributed by atoms with Crippen molar-refractivity contribution in [3.05, 3.63) is 33.8 Å². The van der Waals surface area contributed by atoms with Crippen LogP contribution in [0.25, 0.3) is 0 Å². The fraction of sp³-hybridized carbons (Fsp3) is 0.333. The molecule has 1 unspecified atom stereocenters. The minimum absolute atomic E-state index is 0.0104. The van der Waals surface area contributed by atoms with E-state index >= 15 is 0 Å². The van der Waals surface area contributed by atoms with Crippen LogP contribution in [-0.4, -0.2) is 6.54 Å². The first-order valence-corrected chi connectivity index (χ1v) is 5.43. The van der Waals surface area contributed by atoms with Gasteiger partial charge in [0.1, 0.15) is 0 Å². The maximum atomic E-state index is 5.46. The van der Waals surface area contributed by atoms with E-state index in [4.69, 9.17) is 6.42 Å². The molecule has 1 rings (SSSR count). The highest BCUT2D eigenvalue weighted by Crippen LogP contribution is 2.20. The maximum absolute atomic E-state index is 5.46. The van der Waals surface area contributed by atoms with E-state index in [1.54, 1.807) is 0 Å². The fourth-order valence-corrected chi connectivity index (χ4v) is 2.03. The number of aryl methyl sites for hydroxylation is 1. The Labute approximate surface area is 94.0 Å². The van der Waals surface area contributed by atoms with Crippen LogP contribution in [0.3, 0.4) is 0 Å². The van der Waals surface area contributed by atoms with Crippen LogP contribution in [0.15, 0.2) is 22.7 Å². The largest absolute Gasteiger partial charge is 0.300 e. The van der Waals surface area contributed by atoms with Gasteiger partial charge in [-0.25, -0.2) is 0 Å². The van der Waals surface area contributed by atoms with E-state index in [0.29, 0.717) is 0 Å². The number of benzene rings is 1. The summed E-state index contributed by atoms with van der Waals surface area (Å²) >= 11 is 3.47. The van der Waals surface area contributed by atoms with Gasteiger partial charge in [0.2, 0.25) is 0 Å². The monoisotopic (exact) mass is 251 g/mol. The van der Waals surface area contributed by atoms with E-state index in [2.05, 4.69) is 59.2 Å². The zero-order valence-corrected chi connectivity index (χ0v) is 10.1. The lowest BCUT2D eigenvalue weighted by atomic mass is 10.1. The van der Waals surface area contributed by atoms with Crippen molar-refractivity contribution in [2.24, 2.45) is 0 Å². The van der Waals surface area contributed by atoms with Crippen molar-refractivity contribution in [3.8, 4) is 12.3 Å². The molecule has 0 aromatic heterocycles. The Bertz CT molecular complexity index is 332. The average molecular weight is 252 g/mol. The Morgan fingerprint density at radius 2 is 2.21 bits per heavy atom. The van der Waals surface area contributed by atoms with E-state index < -0.39 is 0 Å². The zero-order chi connectivity index (χ0) is 10.6. The third kappa shape index (κ3) is 2.87. The van der Waals surface area contributed by atoms with Crippen LogP contribution in [0.2, 0.25) is 0 Å². The van der Waals surface area contributed by atoms with Crippen molar-refractivity contribution in [1.82, 2.24) is 5.32 Å². The van der Waals surface area contributed by atoms with Gasteiger partial charge in [-0.05, 0) is 36.7 Å². The Hall–Kier alpha value is -0.780. The van der Waals surface area contributed by atoms with Gasteiger partial charge < -0.3 is 5.32 Å². The summed E-state index contributed by atoms with van der Waals surface area (Å²) in [5, 5.41) is 3.25. The molecule has 2 heteroatoms. The van der Waals surface area contributed by atoms with E-state index in [9.17, 15) is 0 Å². The second-order valence-electron chi connectivity index (χ2n) is 3.22. The first-order valence-electron chi connectivity index (χ1n) is 4.64. The summed E-state index contributed by atoms with van der Waals surface area (Å²) in [6, 6.07) is 6.25. The van der Waals surface area contributed by atoms with Gasteiger partial charge in [-0.15, -0.1) is 6.42 Å². The topological polar surface area (TPSA) is 12.0 Å². The van der Waals surface area contributed by atoms with Crippen molar-refractivity contribution >= 4 is 15.9 Å². The van der Waals surface area contributed by atoms with Crippen molar-refractivity contribution in [1.29, 1.82) is 0 Å². The first kappa shape index (κ1) is 11.3. The molecule has 1 aromatic carbocycles. The van der Waals surface area contributed by atoms with Gasteiger partial charge in [0.05, 0.1) is 6.04 Å². The third-order valence-electron chi connectivity index (χ3n) is 1.97. The van der Waals surface area contributed by atoms with Crippen molar-refractivity contribution in [2.45, 2.75) is 19.9 Å². The summed E-state index contributed by atoms with van der Waals surface area (Å²) in [5.74, 6) is 2.74. The molecule has 0 amide bonds. The Balaban J connectivity index is 2.99. The summed E-state index contributed by atoms with van der Waals surface area (Å²) in [5.41, 5.74) is 2.36. The van der Waals surface area contributed by atoms with Crippen LogP contribution in [0, 0.1) is 19.3 Å². The molecule has 0 fully saturated rings. The highest BCUT2D eigenvalue weighted by molar-refractivity contribution is 9.10. The molecule has 0 radical (unpaired) electrons. The molecule has 14 heavy (non-hydrogen) atoms. The molecule has 1 N–H and O–H groups in total. The second-order valence-corrected chi connectivity index (χ2v) is 4.13. The molecule has 0 aliphatic carbocycles. The lowest BCUT2D eigenvalue weighted by Crippen LogP contribution is -2.19. The van der Waals surface area contributed by atoms with Crippen LogP contribution in [0.5, 0.6) is 0 Å². The number of halogens is 1. The van der Waals surface area contributed by atoms with Gasteiger partial charge in [0, 0.05) is 4.47 Å². The van der Waals surface area contributed by atoms with E-state index in [0.717, 1.165) is 16.6 Å². The van der Waals surface area contributed by atoms with Crippen molar-refractivity contribution in [3.63, 3.8) is 0 Å². The first-order chi connectivity index (χ1) is 6.67. The predicted molar refractivity (Wildman–Crippen MR) is 64.1 cm³/mol. The molecular formula is C12H14BrN. The third-order valence-corrected chi connectivity index (χ3v) is 2.43.